The summed E-state index contributed by atoms with van der Waals surface area (Å²) in [6.45, 7) is 0. The lowest BCUT2D eigenvalue weighted by atomic mass is 10.2. The highest BCUT2D eigenvalue weighted by molar-refractivity contribution is 7.90. The molecular formula is C12H9F3N2O4S. The zero-order valence-corrected chi connectivity index (χ0v) is 11.8. The van der Waals surface area contributed by atoms with Crippen LogP contribution < -0.4 is 0 Å². The number of halogens is 3. The molecule has 0 aliphatic rings. The van der Waals surface area contributed by atoms with Gasteiger partial charge in [-0.1, -0.05) is 0 Å². The minimum absolute atomic E-state index is 0.0737. The lowest BCUT2D eigenvalue weighted by Gasteiger charge is -2.11. The molecule has 0 amide bonds. The van der Waals surface area contributed by atoms with Crippen LogP contribution in [0.2, 0.25) is 0 Å². The van der Waals surface area contributed by atoms with Crippen LogP contribution in [0.15, 0.2) is 35.4 Å². The first kappa shape index (κ1) is 16.0. The van der Waals surface area contributed by atoms with Gasteiger partial charge in [-0.3, -0.25) is 0 Å². The molecule has 0 radical (unpaired) electrons. The maximum atomic E-state index is 13.0. The number of hydrogen-bond acceptors (Lipinski definition) is 4. The topological polar surface area (TPSA) is 89.3 Å². The molecule has 10 heteroatoms. The molecule has 0 atom stereocenters. The molecule has 1 heterocycles. The Hall–Kier alpha value is -2.36. The number of aromatic nitrogens is 2. The van der Waals surface area contributed by atoms with E-state index in [4.69, 9.17) is 5.11 Å². The molecule has 0 saturated carbocycles. The maximum absolute atomic E-state index is 13.0. The molecule has 0 fully saturated rings. The lowest BCUT2D eigenvalue weighted by Crippen LogP contribution is -2.17. The number of nitrogens with zero attached hydrogens (tertiary/aromatic N) is 2. The standard InChI is InChI=1S/C12H9F3N2O4S/c1-22(20,21)8-4-2-7(3-5-8)17-10(12(13,14)15)9(6-16-17)11(18)19/h2-6H,1H3,(H,18,19). The number of benzene rings is 1. The zero-order chi connectivity index (χ0) is 16.7. The highest BCUT2D eigenvalue weighted by Gasteiger charge is 2.40. The molecule has 118 valence electrons. The number of alkyl halides is 3. The minimum Gasteiger partial charge on any atom is -0.478 e. The fraction of sp³-hybridized carbons (Fsp3) is 0.167. The van der Waals surface area contributed by atoms with E-state index in [0.717, 1.165) is 30.5 Å². The van der Waals surface area contributed by atoms with E-state index in [1.54, 1.807) is 0 Å². The van der Waals surface area contributed by atoms with Crippen LogP contribution in [-0.2, 0) is 16.0 Å². The molecule has 22 heavy (non-hydrogen) atoms. The largest absolute Gasteiger partial charge is 0.478 e. The normalized spacial score (nSPS) is 12.4. The van der Waals surface area contributed by atoms with Gasteiger partial charge in [0.25, 0.3) is 0 Å². The first-order chi connectivity index (χ1) is 10.0. The highest BCUT2D eigenvalue weighted by Crippen LogP contribution is 2.33. The van der Waals surface area contributed by atoms with Gasteiger partial charge in [-0.15, -0.1) is 0 Å². The van der Waals surface area contributed by atoms with Crippen LogP contribution in [0.3, 0.4) is 0 Å². The Kier molecular flexibility index (Phi) is 3.73. The zero-order valence-electron chi connectivity index (χ0n) is 11.0. The summed E-state index contributed by atoms with van der Waals surface area (Å²) >= 11 is 0. The molecule has 0 spiro atoms. The molecule has 6 nitrogen and oxygen atoms in total. The third-order valence-electron chi connectivity index (χ3n) is 2.78. The second-order valence-electron chi connectivity index (χ2n) is 4.39. The third kappa shape index (κ3) is 2.96. The maximum Gasteiger partial charge on any atom is 0.434 e. The average molecular weight is 334 g/mol. The number of carbonyl (C=O) groups is 1. The van der Waals surface area contributed by atoms with Crippen molar-refractivity contribution in [2.24, 2.45) is 0 Å². The molecule has 1 aromatic heterocycles. The Morgan fingerprint density at radius 3 is 2.18 bits per heavy atom. The Balaban J connectivity index is 2.61. The van der Waals surface area contributed by atoms with Crippen molar-refractivity contribution in [2.75, 3.05) is 6.26 Å². The monoisotopic (exact) mass is 334 g/mol. The van der Waals surface area contributed by atoms with Crippen LogP contribution in [0.25, 0.3) is 5.69 Å². The molecular weight excluding hydrogens is 325 g/mol. The summed E-state index contributed by atoms with van der Waals surface area (Å²) in [5.41, 5.74) is -2.53. The summed E-state index contributed by atoms with van der Waals surface area (Å²) in [5, 5.41) is 12.2. The van der Waals surface area contributed by atoms with E-state index in [9.17, 15) is 26.4 Å². The van der Waals surface area contributed by atoms with Gasteiger partial charge in [0.15, 0.2) is 15.5 Å². The predicted octanol–water partition coefficient (Wildman–Crippen LogP) is 1.99. The van der Waals surface area contributed by atoms with Gasteiger partial charge in [0.2, 0.25) is 0 Å². The number of sulfone groups is 1. The first-order valence-electron chi connectivity index (χ1n) is 5.71. The minimum atomic E-state index is -4.93. The SMILES string of the molecule is CS(=O)(=O)c1ccc(-n2ncc(C(=O)O)c2C(F)(F)F)cc1. The molecule has 0 unspecified atom stereocenters. The van der Waals surface area contributed by atoms with Crippen molar-refractivity contribution in [3.05, 3.63) is 41.7 Å². The summed E-state index contributed by atoms with van der Waals surface area (Å²) in [6, 6.07) is 4.47. The van der Waals surface area contributed by atoms with Gasteiger partial charge in [0.05, 0.1) is 16.8 Å². The molecule has 0 saturated heterocycles. The fourth-order valence-corrected chi connectivity index (χ4v) is 2.44. The van der Waals surface area contributed by atoms with Gasteiger partial charge in [-0.25, -0.2) is 17.9 Å². The van der Waals surface area contributed by atoms with Gasteiger partial charge in [-0.05, 0) is 24.3 Å². The van der Waals surface area contributed by atoms with E-state index in [1.165, 1.54) is 0 Å². The van der Waals surface area contributed by atoms with Crippen molar-refractivity contribution < 1.29 is 31.5 Å². The average Bonchev–Trinajstić information content (AvgIpc) is 2.82. The van der Waals surface area contributed by atoms with Crippen LogP contribution in [0.1, 0.15) is 16.1 Å². The Morgan fingerprint density at radius 2 is 1.77 bits per heavy atom. The van der Waals surface area contributed by atoms with Crippen LogP contribution >= 0.6 is 0 Å². The van der Waals surface area contributed by atoms with Gasteiger partial charge in [0.1, 0.15) is 5.56 Å². The number of rotatable bonds is 3. The molecule has 0 aliphatic carbocycles. The van der Waals surface area contributed by atoms with Crippen LogP contribution in [-0.4, -0.2) is 35.5 Å². The van der Waals surface area contributed by atoms with Crippen molar-refractivity contribution in [3.8, 4) is 5.69 Å². The van der Waals surface area contributed by atoms with Gasteiger partial charge in [0, 0.05) is 6.26 Å². The lowest BCUT2D eigenvalue weighted by molar-refractivity contribution is -0.143. The fourth-order valence-electron chi connectivity index (χ4n) is 1.81. The number of carboxylic acids is 1. The van der Waals surface area contributed by atoms with Crippen LogP contribution in [0.5, 0.6) is 0 Å². The second kappa shape index (κ2) is 5.13. The van der Waals surface area contributed by atoms with E-state index in [2.05, 4.69) is 5.10 Å². The predicted molar refractivity (Wildman–Crippen MR) is 68.6 cm³/mol. The Labute approximate surface area is 122 Å². The van der Waals surface area contributed by atoms with Crippen molar-refractivity contribution in [2.45, 2.75) is 11.1 Å². The van der Waals surface area contributed by atoms with Crippen molar-refractivity contribution in [1.29, 1.82) is 0 Å². The molecule has 0 aliphatic heterocycles. The van der Waals surface area contributed by atoms with Crippen molar-refractivity contribution >= 4 is 15.8 Å². The van der Waals surface area contributed by atoms with Gasteiger partial charge >= 0.3 is 12.1 Å². The summed E-state index contributed by atoms with van der Waals surface area (Å²) in [4.78, 5) is 10.8. The Bertz CT molecular complexity index is 823. The first-order valence-corrected chi connectivity index (χ1v) is 7.60. The van der Waals surface area contributed by atoms with Crippen molar-refractivity contribution in [1.82, 2.24) is 9.78 Å². The van der Waals surface area contributed by atoms with E-state index < -0.39 is 33.2 Å². The number of carboxylic acid groups (broad SMARTS) is 1. The van der Waals surface area contributed by atoms with E-state index in [-0.39, 0.29) is 10.6 Å². The van der Waals surface area contributed by atoms with E-state index in [1.807, 2.05) is 0 Å². The molecule has 2 aromatic rings. The molecule has 0 bridgehead atoms. The number of hydrogen-bond donors (Lipinski definition) is 1. The van der Waals surface area contributed by atoms with Gasteiger partial charge in [-0.2, -0.15) is 18.3 Å². The summed E-state index contributed by atoms with van der Waals surface area (Å²) < 4.78 is 62.2. The van der Waals surface area contributed by atoms with Crippen LogP contribution in [0, 0.1) is 0 Å². The molecule has 1 aromatic carbocycles. The smallest absolute Gasteiger partial charge is 0.434 e. The Morgan fingerprint density at radius 1 is 1.23 bits per heavy atom. The van der Waals surface area contributed by atoms with Crippen LogP contribution in [0.4, 0.5) is 13.2 Å². The van der Waals surface area contributed by atoms with E-state index >= 15 is 0 Å². The quantitative estimate of drug-likeness (QED) is 0.927. The number of aromatic carboxylic acids is 1. The summed E-state index contributed by atoms with van der Waals surface area (Å²) in [6.07, 6.45) is -3.38. The summed E-state index contributed by atoms with van der Waals surface area (Å²) in [7, 11) is -3.49. The second-order valence-corrected chi connectivity index (χ2v) is 6.40. The van der Waals surface area contributed by atoms with E-state index in [0.29, 0.717) is 10.9 Å². The highest BCUT2D eigenvalue weighted by atomic mass is 32.2. The third-order valence-corrected chi connectivity index (χ3v) is 3.91. The van der Waals surface area contributed by atoms with Crippen molar-refractivity contribution in [3.63, 3.8) is 0 Å². The molecule has 2 rings (SSSR count). The van der Waals surface area contributed by atoms with Gasteiger partial charge < -0.3 is 5.11 Å². The molecule has 1 N–H and O–H groups in total. The summed E-state index contributed by atoms with van der Waals surface area (Å²) in [5.74, 6) is -1.76.